The fourth-order valence-electron chi connectivity index (χ4n) is 17.8. The zero-order valence-corrected chi connectivity index (χ0v) is 74.1. The summed E-state index contributed by atoms with van der Waals surface area (Å²) in [5.74, 6) is -6.95. The Kier molecular flexibility index (Phi) is 34.9. The number of nitrogen functional groups attached to an aromatic ring is 2. The Bertz CT molecular complexity index is 4880. The number of methoxy groups -OCH3 is 3. The van der Waals surface area contributed by atoms with Crippen molar-refractivity contribution in [1.82, 2.24) is 65.1 Å². The van der Waals surface area contributed by atoms with E-state index in [1.54, 1.807) is 62.9 Å². The third kappa shape index (κ3) is 24.8. The van der Waals surface area contributed by atoms with Crippen molar-refractivity contribution in [2.24, 2.45) is 40.7 Å². The van der Waals surface area contributed by atoms with Crippen LogP contribution in [0.3, 0.4) is 0 Å². The summed E-state index contributed by atoms with van der Waals surface area (Å²) in [6.07, 6.45) is 18.3. The average Bonchev–Trinajstić information content (AvgIpc) is 1.73. The third-order valence-electron chi connectivity index (χ3n) is 25.4. The second-order valence-corrected chi connectivity index (χ2v) is 34.6. The van der Waals surface area contributed by atoms with Gasteiger partial charge in [-0.1, -0.05) is 83.7 Å². The Labute approximate surface area is 742 Å². The summed E-state index contributed by atoms with van der Waals surface area (Å²) < 4.78 is 43.3. The number of aliphatic hydroxyl groups excluding tert-OH is 3. The van der Waals surface area contributed by atoms with E-state index in [4.69, 9.17) is 64.2 Å². The number of allylic oxidation sites excluding steroid dienone is 5. The van der Waals surface area contributed by atoms with Gasteiger partial charge in [0.05, 0.1) is 66.1 Å². The van der Waals surface area contributed by atoms with Crippen LogP contribution in [0.4, 0.5) is 23.7 Å². The van der Waals surface area contributed by atoms with Crippen LogP contribution in [0.5, 0.6) is 0 Å². The Morgan fingerprint density at radius 3 is 2.30 bits per heavy atom. The zero-order valence-electron chi connectivity index (χ0n) is 74.1. The molecule has 2 bridgehead atoms. The van der Waals surface area contributed by atoms with Crippen LogP contribution in [-0.2, 0) is 76.7 Å². The van der Waals surface area contributed by atoms with Crippen LogP contribution in [0.1, 0.15) is 174 Å². The van der Waals surface area contributed by atoms with Gasteiger partial charge >= 0.3 is 5.97 Å². The number of fused-ring (bicyclic) bond motifs is 6. The molecule has 0 spiro atoms. The molecule has 10 heterocycles. The topological polar surface area (TPSA) is 471 Å². The van der Waals surface area contributed by atoms with Crippen LogP contribution in [-0.4, -0.2) is 270 Å². The molecule has 127 heavy (non-hydrogen) atoms. The number of amides is 4. The zero-order chi connectivity index (χ0) is 89.9. The van der Waals surface area contributed by atoms with Crippen molar-refractivity contribution in [1.29, 1.82) is 0 Å². The predicted molar refractivity (Wildman–Crippen MR) is 476 cm³/mol. The highest BCUT2D eigenvalue weighted by molar-refractivity contribution is 6.39. The number of carbonyl (C=O) groups excluding carboxylic acids is 6. The Morgan fingerprint density at radius 1 is 0.780 bits per heavy atom. The first-order valence-corrected chi connectivity index (χ1v) is 44.3. The number of nitrogens with zero attached hydrogens (tertiary/aromatic N) is 14. The molecule has 4 fully saturated rings. The molecule has 1 aliphatic carbocycles. The van der Waals surface area contributed by atoms with E-state index in [1.807, 2.05) is 68.2 Å². The molecule has 1 aromatic carbocycles. The standard InChI is InChI=1S/C90H126N18O18.CH4/c1-53-18-12-11-13-19-54(2)71(119-8)45-64-24-21-59(7)90(118,126-64)81(114)85(116)107-31-16-14-20-67(107)86(117)124-72(56(4)42-60-22-25-68(109)73(43-60)120-9)46-69(110)55(3)41-58(6)79(113)80(121-10)77(57(5)40-53)103-123-51-75(112)106-33-27-65-63(50-106)49-97-89(101-65)105-36-34-104(35-37-105)88-95-47-62(48-96-88)84(115)94-30-39-122-38-28-74(111)93-29-15-17-32-108-83-76(82(91)98-52-99-83)78(102-108)61-23-26-70-66(44-61)100-87(92)125-70;/h11-13,18-19,23,26,41,44,47-49,52-53,55-57,59-60,64,67-69,71-73,79-80,109-110,113,118H,14-17,20-22,24-25,27-40,42-43,45-46,50-51H2,1-10H3,(H2,92,100)(H,93,111)(H,94,115)(H2,91,98,99);1H4/b13-11+,18-12+,54-19+,58-41+,103-77?;/t53-,55-,56-,57-,59-,60+,64+,67+,68-,69-,71+,72+,73-,79-,80+,90-;/m1./s1. The number of unbranched alkanes of at least 4 members (excludes halogenated alkanes) is 1. The highest BCUT2D eigenvalue weighted by atomic mass is 16.6. The van der Waals surface area contributed by atoms with Crippen molar-refractivity contribution >= 4 is 87.0 Å². The number of cyclic esters (lactones) is 1. The third-order valence-corrected chi connectivity index (χ3v) is 25.4. The number of piperazine rings is 1. The first-order chi connectivity index (χ1) is 60.6. The van der Waals surface area contributed by atoms with Crippen LogP contribution in [0, 0.1) is 35.5 Å². The number of Topliss-reactive ketones (excluding diaryl/α,β-unsaturated/α-hetero) is 1. The number of ketones is 1. The van der Waals surface area contributed by atoms with E-state index in [1.165, 1.54) is 30.7 Å². The molecule has 16 atom stereocenters. The normalized spacial score (nSPS) is 28.5. The van der Waals surface area contributed by atoms with E-state index in [2.05, 4.69) is 52.5 Å². The Balaban J connectivity index is 0.0000156. The number of aromatic nitrogens is 9. The van der Waals surface area contributed by atoms with Crippen LogP contribution in [0.25, 0.3) is 33.4 Å². The lowest BCUT2D eigenvalue weighted by molar-refractivity contribution is -0.265. The van der Waals surface area contributed by atoms with Crippen LogP contribution in [0.2, 0.25) is 0 Å². The number of ether oxygens (including phenoxy) is 6. The Morgan fingerprint density at radius 2 is 1.54 bits per heavy atom. The van der Waals surface area contributed by atoms with E-state index in [-0.39, 0.29) is 125 Å². The van der Waals surface area contributed by atoms with Gasteiger partial charge in [-0.15, -0.1) is 0 Å². The Hall–Kier alpha value is -10.3. The largest absolute Gasteiger partial charge is 0.460 e. The molecule has 6 aromatic rings. The monoisotopic (exact) mass is 1760 g/mol. The van der Waals surface area contributed by atoms with Crippen molar-refractivity contribution in [3.63, 3.8) is 0 Å². The highest BCUT2D eigenvalue weighted by Gasteiger charge is 2.53. The van der Waals surface area contributed by atoms with Gasteiger partial charge in [-0.25, -0.2) is 39.4 Å². The number of nitrogens with two attached hydrogens (primary N) is 2. The molecule has 6 aliphatic rings. The molecule has 0 unspecified atom stereocenters. The van der Waals surface area contributed by atoms with Gasteiger partial charge in [-0.3, -0.25) is 24.0 Å². The summed E-state index contributed by atoms with van der Waals surface area (Å²) in [5, 5.41) is 63.4. The molecule has 692 valence electrons. The lowest BCUT2D eigenvalue weighted by atomic mass is 9.78. The average molecular weight is 1760 g/mol. The highest BCUT2D eigenvalue weighted by Crippen LogP contribution is 2.40. The first-order valence-electron chi connectivity index (χ1n) is 44.3. The van der Waals surface area contributed by atoms with Crippen molar-refractivity contribution in [3.05, 3.63) is 108 Å². The number of aryl methyl sites for hydroxylation is 1. The molecule has 4 amide bonds. The molecule has 36 nitrogen and oxygen atoms in total. The van der Waals surface area contributed by atoms with Gasteiger partial charge in [0, 0.05) is 160 Å². The number of piperidine rings is 1. The van der Waals surface area contributed by atoms with Gasteiger partial charge in [0.1, 0.15) is 47.7 Å². The molecular weight excluding hydrogens is 1630 g/mol. The molecule has 1 saturated carbocycles. The van der Waals surface area contributed by atoms with E-state index in [0.717, 1.165) is 22.4 Å². The maximum Gasteiger partial charge on any atom is 0.329 e. The first kappa shape index (κ1) is 97.3. The van der Waals surface area contributed by atoms with Crippen LogP contribution < -0.4 is 31.9 Å². The minimum Gasteiger partial charge on any atom is -0.460 e. The number of esters is 1. The lowest BCUT2D eigenvalue weighted by Gasteiger charge is -2.43. The van der Waals surface area contributed by atoms with E-state index >= 15 is 0 Å². The second-order valence-electron chi connectivity index (χ2n) is 34.6. The summed E-state index contributed by atoms with van der Waals surface area (Å²) in [6, 6.07) is 4.36. The smallest absolute Gasteiger partial charge is 0.329 e. The molecule has 5 aromatic heterocycles. The van der Waals surface area contributed by atoms with Crippen LogP contribution in [0.15, 0.2) is 100 Å². The summed E-state index contributed by atoms with van der Waals surface area (Å²) in [4.78, 5) is 128. The number of aliphatic hydroxyl groups is 4. The number of hydrogen-bond acceptors (Lipinski definition) is 31. The minimum absolute atomic E-state index is 0. The van der Waals surface area contributed by atoms with Crippen LogP contribution >= 0.6 is 0 Å². The quantitative estimate of drug-likeness (QED) is 0.00943. The number of anilines is 4. The van der Waals surface area contributed by atoms with Crippen molar-refractivity contribution < 1.29 is 86.9 Å². The van der Waals surface area contributed by atoms with Gasteiger partial charge in [-0.2, -0.15) is 10.1 Å². The molecule has 12 rings (SSSR count). The fraction of sp³-hybridized carbons (Fsp3) is 0.615. The molecule has 0 radical (unpaired) electrons. The molecule has 3 saturated heterocycles. The van der Waals surface area contributed by atoms with Crippen molar-refractivity contribution in [2.45, 2.75) is 232 Å². The second kappa shape index (κ2) is 45.6. The summed E-state index contributed by atoms with van der Waals surface area (Å²) in [7, 11) is 4.61. The van der Waals surface area contributed by atoms with Gasteiger partial charge in [-0.05, 0) is 138 Å². The predicted octanol–water partition coefficient (Wildman–Crippen LogP) is 7.75. The SMILES string of the molecule is C.CO[C@H]1C[C@@H]2CC[C@@H](C)[C@@](O)(O2)C(=O)C(=O)N2CCCC[C@H]2C(=O)O[C@H]([C@H](C)C[C@@H]2CC[C@@H](O)[C@H](OC)C2)C[C@@H](O)[C@H](C)/C=C(\C)[C@@H](O)[C@@H](OC)C(=NOCC(=O)N2CCc3nc(N4CCN(c5ncc(C(=O)NCCOCCC(=O)NCCCCn6nc(-c7ccc8oc(N)nc8c7)c7c(N)ncnc76)cn5)CC4)ncc3C2)[C@H](C)C[C@H](C)/C=C/C=C/C=C/1C. The van der Waals surface area contributed by atoms with Gasteiger partial charge in [0.15, 0.2) is 17.8 Å². The number of oxazole rings is 1. The fourth-order valence-corrected chi connectivity index (χ4v) is 17.8. The molecule has 36 heteroatoms. The van der Waals surface area contributed by atoms with Crippen molar-refractivity contribution in [3.8, 4) is 11.3 Å². The number of oxime groups is 1. The number of carbonyl (C=O) groups is 6. The van der Waals surface area contributed by atoms with E-state index < -0.39 is 90.7 Å². The molecule has 5 aliphatic heterocycles. The summed E-state index contributed by atoms with van der Waals surface area (Å²) in [6.45, 7) is 17.2. The lowest BCUT2D eigenvalue weighted by Crippen LogP contribution is -2.61. The maximum absolute atomic E-state index is 14.8. The number of hydrogen-bond donors (Lipinski definition) is 8. The van der Waals surface area contributed by atoms with Crippen molar-refractivity contribution in [2.75, 3.05) is 115 Å². The number of nitrogens with one attached hydrogen (secondary N) is 2. The van der Waals surface area contributed by atoms with Gasteiger partial charge < -0.3 is 99.8 Å². The number of rotatable bonds is 24. The summed E-state index contributed by atoms with van der Waals surface area (Å²) >= 11 is 0. The number of benzene rings is 1. The van der Waals surface area contributed by atoms with E-state index in [0.29, 0.717) is 180 Å². The van der Waals surface area contributed by atoms with Gasteiger partial charge in [0.25, 0.3) is 29.5 Å². The van der Waals surface area contributed by atoms with E-state index in [9.17, 15) is 49.2 Å². The molecule has 10 N–H and O–H groups in total. The van der Waals surface area contributed by atoms with Gasteiger partial charge in [0.2, 0.25) is 23.6 Å². The summed E-state index contributed by atoms with van der Waals surface area (Å²) in [5.41, 5.74) is 18.7. The minimum atomic E-state index is -2.47. The molecular formula is C91H130N18O18. The maximum atomic E-state index is 14.8.